The first kappa shape index (κ1) is 12.9. The van der Waals surface area contributed by atoms with Crippen molar-refractivity contribution in [2.24, 2.45) is 5.92 Å². The van der Waals surface area contributed by atoms with Crippen molar-refractivity contribution in [3.63, 3.8) is 0 Å². The van der Waals surface area contributed by atoms with Crippen molar-refractivity contribution < 1.29 is 4.74 Å². The summed E-state index contributed by atoms with van der Waals surface area (Å²) in [6.45, 7) is 0.743. The molecule has 4 heteroatoms. The van der Waals surface area contributed by atoms with Gasteiger partial charge in [-0.15, -0.1) is 0 Å². The second kappa shape index (κ2) is 5.49. The standard InChI is InChI=1S/C16H19N3O/c1-19(2)16-7-8-17-15(18-16)10-12-9-13-5-3-4-6-14(13)20-11-12/h3-8,12H,9-11H2,1-2H3/t12-/m1/s1. The van der Waals surface area contributed by atoms with Gasteiger partial charge in [-0.25, -0.2) is 9.97 Å². The number of nitrogens with zero attached hydrogens (tertiary/aromatic N) is 3. The number of rotatable bonds is 3. The second-order valence-corrected chi connectivity index (χ2v) is 5.42. The lowest BCUT2D eigenvalue weighted by Crippen LogP contribution is -2.24. The van der Waals surface area contributed by atoms with Crippen molar-refractivity contribution in [1.29, 1.82) is 0 Å². The zero-order chi connectivity index (χ0) is 13.9. The summed E-state index contributed by atoms with van der Waals surface area (Å²) in [5.74, 6) is 3.31. The fourth-order valence-corrected chi connectivity index (χ4v) is 2.52. The molecule has 1 aromatic carbocycles. The lowest BCUT2D eigenvalue weighted by Gasteiger charge is -2.24. The fraction of sp³-hybridized carbons (Fsp3) is 0.375. The van der Waals surface area contributed by atoms with Crippen molar-refractivity contribution in [3.05, 3.63) is 47.9 Å². The summed E-state index contributed by atoms with van der Waals surface area (Å²) < 4.78 is 5.82. The van der Waals surface area contributed by atoms with Crippen LogP contribution in [0.4, 0.5) is 5.82 Å². The molecule has 0 saturated carbocycles. The van der Waals surface area contributed by atoms with Gasteiger partial charge in [0.25, 0.3) is 0 Å². The van der Waals surface area contributed by atoms with E-state index < -0.39 is 0 Å². The van der Waals surface area contributed by atoms with Crippen LogP contribution in [-0.4, -0.2) is 30.7 Å². The molecule has 0 N–H and O–H groups in total. The second-order valence-electron chi connectivity index (χ2n) is 5.42. The Labute approximate surface area is 119 Å². The monoisotopic (exact) mass is 269 g/mol. The minimum Gasteiger partial charge on any atom is -0.493 e. The molecule has 0 bridgehead atoms. The van der Waals surface area contributed by atoms with Gasteiger partial charge >= 0.3 is 0 Å². The number of hydrogen-bond acceptors (Lipinski definition) is 4. The van der Waals surface area contributed by atoms with Gasteiger partial charge in [0.05, 0.1) is 6.61 Å². The molecule has 0 spiro atoms. The molecular weight excluding hydrogens is 250 g/mol. The summed E-state index contributed by atoms with van der Waals surface area (Å²) in [5, 5.41) is 0. The van der Waals surface area contributed by atoms with Crippen molar-refractivity contribution in [2.75, 3.05) is 25.6 Å². The number of hydrogen-bond donors (Lipinski definition) is 0. The average Bonchev–Trinajstić information content (AvgIpc) is 2.47. The highest BCUT2D eigenvalue weighted by Crippen LogP contribution is 2.28. The normalized spacial score (nSPS) is 17.2. The largest absolute Gasteiger partial charge is 0.493 e. The van der Waals surface area contributed by atoms with E-state index in [2.05, 4.69) is 22.1 Å². The van der Waals surface area contributed by atoms with E-state index in [1.54, 1.807) is 0 Å². The SMILES string of the molecule is CN(C)c1ccnc(C[C@@H]2COc3ccccc3C2)n1. The molecule has 104 valence electrons. The molecule has 0 unspecified atom stereocenters. The Morgan fingerprint density at radius 3 is 2.95 bits per heavy atom. The minimum absolute atomic E-state index is 0.447. The predicted molar refractivity (Wildman–Crippen MR) is 79.2 cm³/mol. The van der Waals surface area contributed by atoms with E-state index in [1.165, 1.54) is 5.56 Å². The van der Waals surface area contributed by atoms with E-state index in [0.717, 1.165) is 36.8 Å². The molecule has 0 amide bonds. The third-order valence-electron chi connectivity index (χ3n) is 3.58. The summed E-state index contributed by atoms with van der Waals surface area (Å²) in [7, 11) is 3.98. The highest BCUT2D eigenvalue weighted by Gasteiger charge is 2.20. The van der Waals surface area contributed by atoms with Crippen LogP contribution in [0.1, 0.15) is 11.4 Å². The molecular formula is C16H19N3O. The Balaban J connectivity index is 1.72. The zero-order valence-corrected chi connectivity index (χ0v) is 11.9. The Morgan fingerprint density at radius 2 is 2.10 bits per heavy atom. The van der Waals surface area contributed by atoms with Crippen molar-refractivity contribution >= 4 is 5.82 Å². The molecule has 0 radical (unpaired) electrons. The number of para-hydroxylation sites is 1. The molecule has 0 saturated heterocycles. The molecule has 0 aliphatic carbocycles. The van der Waals surface area contributed by atoms with Crippen LogP contribution in [-0.2, 0) is 12.8 Å². The maximum atomic E-state index is 5.82. The summed E-state index contributed by atoms with van der Waals surface area (Å²) in [5.41, 5.74) is 1.28. The maximum absolute atomic E-state index is 5.82. The number of benzene rings is 1. The Kier molecular flexibility index (Phi) is 3.54. The molecule has 2 aromatic rings. The summed E-state index contributed by atoms with van der Waals surface area (Å²) in [4.78, 5) is 11.0. The van der Waals surface area contributed by atoms with Crippen LogP contribution >= 0.6 is 0 Å². The lowest BCUT2D eigenvalue weighted by atomic mass is 9.94. The number of fused-ring (bicyclic) bond motifs is 1. The average molecular weight is 269 g/mol. The van der Waals surface area contributed by atoms with Crippen LogP contribution in [0.2, 0.25) is 0 Å². The molecule has 20 heavy (non-hydrogen) atoms. The fourth-order valence-electron chi connectivity index (χ4n) is 2.52. The third-order valence-corrected chi connectivity index (χ3v) is 3.58. The quantitative estimate of drug-likeness (QED) is 0.857. The highest BCUT2D eigenvalue weighted by molar-refractivity contribution is 5.36. The van der Waals surface area contributed by atoms with Gasteiger partial charge in [0, 0.05) is 32.6 Å². The van der Waals surface area contributed by atoms with Crippen molar-refractivity contribution in [1.82, 2.24) is 9.97 Å². The van der Waals surface area contributed by atoms with Crippen molar-refractivity contribution in [3.8, 4) is 5.75 Å². The molecule has 4 nitrogen and oxygen atoms in total. The first-order valence-corrected chi connectivity index (χ1v) is 6.92. The summed E-state index contributed by atoms with van der Waals surface area (Å²) in [6.07, 6.45) is 3.72. The van der Waals surface area contributed by atoms with Gasteiger partial charge in [-0.1, -0.05) is 18.2 Å². The predicted octanol–water partition coefficient (Wildman–Crippen LogP) is 2.34. The van der Waals surface area contributed by atoms with Crippen LogP contribution in [0.5, 0.6) is 5.75 Å². The molecule has 1 aliphatic heterocycles. The molecule has 0 fully saturated rings. The first-order chi connectivity index (χ1) is 9.72. The van der Waals surface area contributed by atoms with E-state index in [0.29, 0.717) is 5.92 Å². The smallest absolute Gasteiger partial charge is 0.131 e. The van der Waals surface area contributed by atoms with Gasteiger partial charge < -0.3 is 9.64 Å². The first-order valence-electron chi connectivity index (χ1n) is 6.92. The molecule has 1 aromatic heterocycles. The Morgan fingerprint density at radius 1 is 1.25 bits per heavy atom. The van der Waals surface area contributed by atoms with Crippen LogP contribution in [0.25, 0.3) is 0 Å². The van der Waals surface area contributed by atoms with Gasteiger partial charge in [-0.3, -0.25) is 0 Å². The van der Waals surface area contributed by atoms with Gasteiger partial charge in [0.15, 0.2) is 0 Å². The zero-order valence-electron chi connectivity index (χ0n) is 11.9. The molecule has 3 rings (SSSR count). The highest BCUT2D eigenvalue weighted by atomic mass is 16.5. The summed E-state index contributed by atoms with van der Waals surface area (Å²) >= 11 is 0. The third kappa shape index (κ3) is 2.74. The Hall–Kier alpha value is -2.10. The van der Waals surface area contributed by atoms with E-state index in [4.69, 9.17) is 4.74 Å². The van der Waals surface area contributed by atoms with E-state index in [9.17, 15) is 0 Å². The van der Waals surface area contributed by atoms with Crippen LogP contribution in [0.3, 0.4) is 0 Å². The summed E-state index contributed by atoms with van der Waals surface area (Å²) in [6, 6.07) is 10.2. The van der Waals surface area contributed by atoms with Crippen LogP contribution < -0.4 is 9.64 Å². The lowest BCUT2D eigenvalue weighted by molar-refractivity contribution is 0.219. The molecule has 1 atom stereocenters. The number of anilines is 1. The minimum atomic E-state index is 0.447. The van der Waals surface area contributed by atoms with Crippen molar-refractivity contribution in [2.45, 2.75) is 12.8 Å². The van der Waals surface area contributed by atoms with Crippen LogP contribution in [0, 0.1) is 5.92 Å². The van der Waals surface area contributed by atoms with E-state index in [1.807, 2.05) is 43.4 Å². The number of ether oxygens (including phenoxy) is 1. The topological polar surface area (TPSA) is 38.2 Å². The van der Waals surface area contributed by atoms with Gasteiger partial charge in [0.2, 0.25) is 0 Å². The number of aromatic nitrogens is 2. The maximum Gasteiger partial charge on any atom is 0.131 e. The van der Waals surface area contributed by atoms with Crippen LogP contribution in [0.15, 0.2) is 36.5 Å². The van der Waals surface area contributed by atoms with Gasteiger partial charge in [-0.05, 0) is 24.1 Å². The van der Waals surface area contributed by atoms with Gasteiger partial charge in [-0.2, -0.15) is 0 Å². The molecule has 1 aliphatic rings. The van der Waals surface area contributed by atoms with Gasteiger partial charge in [0.1, 0.15) is 17.4 Å². The van der Waals surface area contributed by atoms with E-state index >= 15 is 0 Å². The molecule has 2 heterocycles. The Bertz CT molecular complexity index is 598. The van der Waals surface area contributed by atoms with E-state index in [-0.39, 0.29) is 0 Å².